The molecule has 3 aliphatic rings. The van der Waals surface area contributed by atoms with Gasteiger partial charge in [-0.2, -0.15) is 0 Å². The number of nitrogens with one attached hydrogen (secondary N) is 2. The van der Waals surface area contributed by atoms with Crippen LogP contribution in [0.4, 0.5) is 4.79 Å². The van der Waals surface area contributed by atoms with Crippen molar-refractivity contribution in [2.75, 3.05) is 13.2 Å². The molecular weight excluding hydrogens is 452 g/mol. The second-order valence-corrected chi connectivity index (χ2v) is 10.8. The van der Waals surface area contributed by atoms with Crippen LogP contribution in [0.3, 0.4) is 0 Å². The number of nitrogens with zero attached hydrogens (tertiary/aromatic N) is 1. The molecule has 1 saturated carbocycles. The van der Waals surface area contributed by atoms with Gasteiger partial charge in [0.25, 0.3) is 0 Å². The molecule has 0 aromatic carbocycles. The fraction of sp³-hybridized carbons (Fsp3) is 0.760. The topological polar surface area (TPSA) is 140 Å². The molecule has 5 atom stereocenters. The van der Waals surface area contributed by atoms with Crippen LogP contribution in [-0.2, 0) is 23.9 Å². The lowest BCUT2D eigenvalue weighted by atomic mass is 10.0. The number of hydrogen-bond donors (Lipinski definition) is 3. The first kappa shape index (κ1) is 27.0. The third-order valence-electron chi connectivity index (χ3n) is 6.64. The molecule has 0 unspecified atom stereocenters. The van der Waals surface area contributed by atoms with E-state index in [-0.39, 0.29) is 37.4 Å². The maximum absolute atomic E-state index is 13.6. The number of allylic oxidation sites excluding steroid dienone is 1. The fourth-order valence-corrected chi connectivity index (χ4v) is 4.83. The highest BCUT2D eigenvalue weighted by molar-refractivity contribution is 5.96. The van der Waals surface area contributed by atoms with Crippen LogP contribution in [0.15, 0.2) is 12.2 Å². The van der Waals surface area contributed by atoms with Gasteiger partial charge in [-0.05, 0) is 59.8 Å². The van der Waals surface area contributed by atoms with E-state index in [0.29, 0.717) is 12.8 Å². The van der Waals surface area contributed by atoms with Gasteiger partial charge in [-0.25, -0.2) is 9.59 Å². The van der Waals surface area contributed by atoms with Gasteiger partial charge in [0, 0.05) is 18.5 Å². The number of esters is 1. The lowest BCUT2D eigenvalue weighted by molar-refractivity contribution is -0.150. The number of hydrogen-bond acceptors (Lipinski definition) is 7. The summed E-state index contributed by atoms with van der Waals surface area (Å²) in [4.78, 5) is 53.7. The van der Waals surface area contributed by atoms with E-state index >= 15 is 0 Å². The summed E-state index contributed by atoms with van der Waals surface area (Å²) in [7, 11) is 0. The van der Waals surface area contributed by atoms with Crippen LogP contribution in [0.5, 0.6) is 0 Å². The fourth-order valence-electron chi connectivity index (χ4n) is 4.83. The number of rotatable bonds is 3. The summed E-state index contributed by atoms with van der Waals surface area (Å²) < 4.78 is 10.6. The molecule has 3 rings (SSSR count). The van der Waals surface area contributed by atoms with Gasteiger partial charge in [-0.15, -0.1) is 0 Å². The Morgan fingerprint density at radius 2 is 2.00 bits per heavy atom. The number of fused-ring (bicyclic) bond motifs is 2. The van der Waals surface area contributed by atoms with Crippen LogP contribution >= 0.6 is 0 Å². The van der Waals surface area contributed by atoms with Crippen molar-refractivity contribution in [1.29, 1.82) is 0 Å². The molecule has 0 aromatic heterocycles. The van der Waals surface area contributed by atoms with Crippen molar-refractivity contribution < 1.29 is 28.7 Å². The molecule has 1 saturated heterocycles. The molecule has 196 valence electrons. The smallest absolute Gasteiger partial charge is 0.408 e. The zero-order chi connectivity index (χ0) is 25.8. The van der Waals surface area contributed by atoms with E-state index in [1.165, 1.54) is 4.90 Å². The molecule has 2 aliphatic heterocycles. The van der Waals surface area contributed by atoms with Crippen LogP contribution in [-0.4, -0.2) is 71.2 Å². The lowest BCUT2D eigenvalue weighted by Crippen LogP contribution is -2.56. The summed E-state index contributed by atoms with van der Waals surface area (Å²) in [6.07, 6.45) is 7.84. The van der Waals surface area contributed by atoms with Crippen LogP contribution < -0.4 is 16.4 Å². The Balaban J connectivity index is 1.84. The van der Waals surface area contributed by atoms with E-state index in [0.717, 1.165) is 25.7 Å². The zero-order valence-corrected chi connectivity index (χ0v) is 21.3. The number of carbonyl (C=O) groups excluding carboxylic acids is 4. The van der Waals surface area contributed by atoms with E-state index < -0.39 is 41.2 Å². The number of amides is 3. The summed E-state index contributed by atoms with van der Waals surface area (Å²) in [6.45, 7) is 7.39. The summed E-state index contributed by atoms with van der Waals surface area (Å²) in [5, 5.41) is 5.60. The number of nitrogens with two attached hydrogens (primary N) is 1. The molecular formula is C25H40N4O6. The van der Waals surface area contributed by atoms with Crippen molar-refractivity contribution >= 4 is 23.9 Å². The van der Waals surface area contributed by atoms with Crippen LogP contribution in [0, 0.1) is 5.92 Å². The number of ether oxygens (including phenoxy) is 2. The molecule has 0 aromatic rings. The molecule has 35 heavy (non-hydrogen) atoms. The Bertz CT molecular complexity index is 853. The Morgan fingerprint density at radius 3 is 2.69 bits per heavy atom. The summed E-state index contributed by atoms with van der Waals surface area (Å²) in [6, 6.07) is -2.05. The van der Waals surface area contributed by atoms with E-state index in [9.17, 15) is 19.2 Å². The minimum absolute atomic E-state index is 0.142. The van der Waals surface area contributed by atoms with Gasteiger partial charge in [0.15, 0.2) is 0 Å². The van der Waals surface area contributed by atoms with Crippen molar-refractivity contribution in [3.63, 3.8) is 0 Å². The standard InChI is InChI=1S/C25H40N4O6/c1-5-34-22(32)25-14-16(25)11-9-7-6-8-10-12-18(27-23(33)35-24(2,3)4)21(31)29-15-17(26)13-19(29)20(30)28-25/h9,11,16-19H,5-8,10,12-15,26H2,1-4H3,(H,27,33)(H,28,30)/b11-9+/t16-,17-,18+,19+,25-/m1/s1. The summed E-state index contributed by atoms with van der Waals surface area (Å²) in [5.41, 5.74) is 4.34. The van der Waals surface area contributed by atoms with Gasteiger partial charge in [-0.3, -0.25) is 9.59 Å². The second kappa shape index (κ2) is 11.0. The normalized spacial score (nSPS) is 32.8. The Hall–Kier alpha value is -2.62. The van der Waals surface area contributed by atoms with Gasteiger partial charge in [-0.1, -0.05) is 25.0 Å². The highest BCUT2D eigenvalue weighted by Crippen LogP contribution is 2.46. The van der Waals surface area contributed by atoms with Gasteiger partial charge in [0.05, 0.1) is 6.61 Å². The van der Waals surface area contributed by atoms with Gasteiger partial charge < -0.3 is 30.7 Å². The van der Waals surface area contributed by atoms with Gasteiger partial charge >= 0.3 is 12.1 Å². The van der Waals surface area contributed by atoms with Gasteiger partial charge in [0.2, 0.25) is 11.8 Å². The first-order valence-corrected chi connectivity index (χ1v) is 12.7. The second-order valence-electron chi connectivity index (χ2n) is 10.8. The van der Waals surface area contributed by atoms with Crippen LogP contribution in [0.1, 0.15) is 72.6 Å². The molecule has 1 aliphatic carbocycles. The molecule has 10 heteroatoms. The third kappa shape index (κ3) is 6.74. The van der Waals surface area contributed by atoms with Crippen molar-refractivity contribution in [2.24, 2.45) is 11.7 Å². The van der Waals surface area contributed by atoms with Gasteiger partial charge in [0.1, 0.15) is 23.2 Å². The predicted molar refractivity (Wildman–Crippen MR) is 129 cm³/mol. The minimum Gasteiger partial charge on any atom is -0.464 e. The van der Waals surface area contributed by atoms with Crippen LogP contribution in [0.25, 0.3) is 0 Å². The molecule has 2 heterocycles. The molecule has 0 bridgehead atoms. The molecule has 0 spiro atoms. The average Bonchev–Trinajstić information content (AvgIpc) is 3.30. The van der Waals surface area contributed by atoms with Crippen LogP contribution in [0.2, 0.25) is 0 Å². The van der Waals surface area contributed by atoms with Crippen molar-refractivity contribution in [2.45, 2.75) is 102 Å². The summed E-state index contributed by atoms with van der Waals surface area (Å²) in [5.74, 6) is -1.40. The number of alkyl carbamates (subject to hydrolysis) is 1. The van der Waals surface area contributed by atoms with E-state index in [1.807, 2.05) is 12.2 Å². The number of carbonyl (C=O) groups is 4. The van der Waals surface area contributed by atoms with E-state index in [2.05, 4.69) is 10.6 Å². The molecule has 4 N–H and O–H groups in total. The molecule has 0 radical (unpaired) electrons. The highest BCUT2D eigenvalue weighted by Gasteiger charge is 2.62. The quantitative estimate of drug-likeness (QED) is 0.403. The maximum atomic E-state index is 13.6. The maximum Gasteiger partial charge on any atom is 0.408 e. The molecule has 3 amide bonds. The predicted octanol–water partition coefficient (Wildman–Crippen LogP) is 1.77. The van der Waals surface area contributed by atoms with Crippen molar-refractivity contribution in [3.05, 3.63) is 12.2 Å². The Morgan fingerprint density at radius 1 is 1.26 bits per heavy atom. The highest BCUT2D eigenvalue weighted by atomic mass is 16.6. The van der Waals surface area contributed by atoms with Crippen molar-refractivity contribution in [1.82, 2.24) is 15.5 Å². The van der Waals surface area contributed by atoms with E-state index in [1.54, 1.807) is 27.7 Å². The third-order valence-corrected chi connectivity index (χ3v) is 6.64. The average molecular weight is 493 g/mol. The first-order chi connectivity index (χ1) is 16.5. The molecule has 2 fully saturated rings. The largest absolute Gasteiger partial charge is 0.464 e. The SMILES string of the molecule is CCOC(=O)[C@@]12C[C@H]1/C=C/CCCCC[C@H](NC(=O)OC(C)(C)C)C(=O)N1C[C@H](N)C[C@H]1C(=O)N2. The lowest BCUT2D eigenvalue weighted by Gasteiger charge is -2.30. The monoisotopic (exact) mass is 492 g/mol. The Kier molecular flexibility index (Phi) is 8.46. The zero-order valence-electron chi connectivity index (χ0n) is 21.3. The molecule has 10 nitrogen and oxygen atoms in total. The minimum atomic E-state index is -1.11. The van der Waals surface area contributed by atoms with E-state index in [4.69, 9.17) is 15.2 Å². The summed E-state index contributed by atoms with van der Waals surface area (Å²) >= 11 is 0. The first-order valence-electron chi connectivity index (χ1n) is 12.7. The van der Waals surface area contributed by atoms with Crippen molar-refractivity contribution in [3.8, 4) is 0 Å². The Labute approximate surface area is 207 Å².